The SMILES string of the molecule is CCCCCCCCCC(=O)N/N=C/c1ccc(N(CC)CC)cc1O. The number of amides is 1. The van der Waals surface area contributed by atoms with Crippen molar-refractivity contribution >= 4 is 17.8 Å². The number of benzene rings is 1. The lowest BCUT2D eigenvalue weighted by Crippen LogP contribution is -2.21. The van der Waals surface area contributed by atoms with Crippen LogP contribution < -0.4 is 10.3 Å². The molecule has 0 radical (unpaired) electrons. The highest BCUT2D eigenvalue weighted by Crippen LogP contribution is 2.23. The van der Waals surface area contributed by atoms with Gasteiger partial charge in [-0.15, -0.1) is 0 Å². The highest BCUT2D eigenvalue weighted by molar-refractivity contribution is 5.86. The van der Waals surface area contributed by atoms with Crippen LogP contribution in [-0.2, 0) is 4.79 Å². The number of hydrogen-bond donors (Lipinski definition) is 2. The molecule has 0 aliphatic rings. The van der Waals surface area contributed by atoms with Crippen LogP contribution in [0.4, 0.5) is 5.69 Å². The van der Waals surface area contributed by atoms with Crippen LogP contribution in [-0.4, -0.2) is 30.3 Å². The van der Waals surface area contributed by atoms with Gasteiger partial charge in [0.25, 0.3) is 0 Å². The molecule has 0 saturated carbocycles. The Balaban J connectivity index is 2.33. The van der Waals surface area contributed by atoms with E-state index in [9.17, 15) is 9.90 Å². The van der Waals surface area contributed by atoms with Crippen LogP contribution in [0.15, 0.2) is 23.3 Å². The molecule has 2 N–H and O–H groups in total. The number of carbonyl (C=O) groups excluding carboxylic acids is 1. The molecular formula is C21H35N3O2. The zero-order chi connectivity index (χ0) is 19.2. The third kappa shape index (κ3) is 8.37. The van der Waals surface area contributed by atoms with Crippen molar-refractivity contribution in [3.63, 3.8) is 0 Å². The zero-order valence-electron chi connectivity index (χ0n) is 16.6. The van der Waals surface area contributed by atoms with Crippen molar-refractivity contribution in [2.24, 2.45) is 5.10 Å². The fourth-order valence-electron chi connectivity index (χ4n) is 2.90. The molecule has 0 unspecified atom stereocenters. The minimum absolute atomic E-state index is 0.0749. The van der Waals surface area contributed by atoms with Crippen LogP contribution in [0.1, 0.15) is 77.7 Å². The number of nitrogens with one attached hydrogen (secondary N) is 1. The summed E-state index contributed by atoms with van der Waals surface area (Å²) >= 11 is 0. The maximum Gasteiger partial charge on any atom is 0.240 e. The molecule has 0 saturated heterocycles. The number of rotatable bonds is 13. The molecule has 0 heterocycles. The van der Waals surface area contributed by atoms with Gasteiger partial charge in [-0.3, -0.25) is 4.79 Å². The number of hydrogen-bond acceptors (Lipinski definition) is 4. The maximum absolute atomic E-state index is 11.8. The number of anilines is 1. The van der Waals surface area contributed by atoms with Crippen LogP contribution in [0.5, 0.6) is 5.75 Å². The smallest absolute Gasteiger partial charge is 0.240 e. The van der Waals surface area contributed by atoms with Gasteiger partial charge in [-0.05, 0) is 32.4 Å². The average molecular weight is 362 g/mol. The molecule has 0 fully saturated rings. The van der Waals surface area contributed by atoms with Gasteiger partial charge in [0.2, 0.25) is 5.91 Å². The van der Waals surface area contributed by atoms with Crippen molar-refractivity contribution in [2.75, 3.05) is 18.0 Å². The lowest BCUT2D eigenvalue weighted by molar-refractivity contribution is -0.121. The molecule has 1 aromatic carbocycles. The van der Waals surface area contributed by atoms with Crippen molar-refractivity contribution in [1.82, 2.24) is 5.43 Å². The molecule has 26 heavy (non-hydrogen) atoms. The van der Waals surface area contributed by atoms with E-state index < -0.39 is 0 Å². The van der Waals surface area contributed by atoms with Crippen molar-refractivity contribution < 1.29 is 9.90 Å². The Morgan fingerprint density at radius 2 is 1.73 bits per heavy atom. The first-order valence-corrected chi connectivity index (χ1v) is 10.0. The van der Waals surface area contributed by atoms with Gasteiger partial charge in [-0.1, -0.05) is 45.4 Å². The van der Waals surface area contributed by atoms with Crippen molar-refractivity contribution in [1.29, 1.82) is 0 Å². The molecule has 0 aliphatic heterocycles. The van der Waals surface area contributed by atoms with Gasteiger partial charge in [0.15, 0.2) is 0 Å². The summed E-state index contributed by atoms with van der Waals surface area (Å²) in [5.74, 6) is 0.0912. The van der Waals surface area contributed by atoms with Gasteiger partial charge in [0.05, 0.1) is 6.21 Å². The second-order valence-electron chi connectivity index (χ2n) is 6.58. The number of phenolic OH excluding ortho intramolecular Hbond substituents is 1. The van der Waals surface area contributed by atoms with Crippen LogP contribution in [0.3, 0.4) is 0 Å². The maximum atomic E-state index is 11.8. The molecule has 0 atom stereocenters. The number of hydrazone groups is 1. The van der Waals surface area contributed by atoms with Crippen LogP contribution in [0, 0.1) is 0 Å². The van der Waals surface area contributed by atoms with Gasteiger partial charge >= 0.3 is 0 Å². The number of aromatic hydroxyl groups is 1. The van der Waals surface area contributed by atoms with Gasteiger partial charge < -0.3 is 10.0 Å². The normalized spacial score (nSPS) is 11.0. The molecule has 1 amide bonds. The third-order valence-corrected chi connectivity index (χ3v) is 4.54. The zero-order valence-corrected chi connectivity index (χ0v) is 16.6. The van der Waals surface area contributed by atoms with E-state index in [4.69, 9.17) is 0 Å². The number of unbranched alkanes of at least 4 members (excludes halogenated alkanes) is 6. The van der Waals surface area contributed by atoms with Gasteiger partial charge in [0.1, 0.15) is 5.75 Å². The standard InChI is InChI=1S/C21H35N3O2/c1-4-7-8-9-10-11-12-13-21(26)23-22-17-18-14-15-19(16-20(18)25)24(5-2)6-3/h14-17,25H,4-13H2,1-3H3,(H,23,26)/b22-17+. The summed E-state index contributed by atoms with van der Waals surface area (Å²) in [6.07, 6.45) is 10.3. The first-order chi connectivity index (χ1) is 12.6. The number of phenols is 1. The largest absolute Gasteiger partial charge is 0.507 e. The van der Waals surface area contributed by atoms with Crippen molar-refractivity contribution in [2.45, 2.75) is 72.1 Å². The summed E-state index contributed by atoms with van der Waals surface area (Å²) < 4.78 is 0. The Morgan fingerprint density at radius 1 is 1.08 bits per heavy atom. The van der Waals surface area contributed by atoms with E-state index in [1.165, 1.54) is 38.3 Å². The molecule has 1 rings (SSSR count). The van der Waals surface area contributed by atoms with E-state index in [0.29, 0.717) is 12.0 Å². The highest BCUT2D eigenvalue weighted by atomic mass is 16.3. The first kappa shape index (κ1) is 22.0. The van der Waals surface area contributed by atoms with E-state index in [2.05, 4.69) is 36.2 Å². The summed E-state index contributed by atoms with van der Waals surface area (Å²) in [5.41, 5.74) is 4.11. The highest BCUT2D eigenvalue weighted by Gasteiger charge is 2.06. The predicted molar refractivity (Wildman–Crippen MR) is 110 cm³/mol. The lowest BCUT2D eigenvalue weighted by Gasteiger charge is -2.21. The second kappa shape index (κ2) is 13.2. The van der Waals surface area contributed by atoms with Gasteiger partial charge in [0, 0.05) is 36.8 Å². The van der Waals surface area contributed by atoms with Crippen LogP contribution in [0.25, 0.3) is 0 Å². The Kier molecular flexibility index (Phi) is 11.2. The molecule has 0 bridgehead atoms. The molecule has 0 aromatic heterocycles. The molecule has 146 valence electrons. The monoisotopic (exact) mass is 361 g/mol. The summed E-state index contributed by atoms with van der Waals surface area (Å²) in [6.45, 7) is 8.15. The van der Waals surface area contributed by atoms with Crippen LogP contribution >= 0.6 is 0 Å². The number of nitrogens with zero attached hydrogens (tertiary/aromatic N) is 2. The fraction of sp³-hybridized carbons (Fsp3) is 0.619. The molecule has 1 aromatic rings. The molecule has 5 nitrogen and oxygen atoms in total. The van der Waals surface area contributed by atoms with Crippen LogP contribution in [0.2, 0.25) is 0 Å². The van der Waals surface area contributed by atoms with Crippen molar-refractivity contribution in [3.8, 4) is 5.75 Å². The van der Waals surface area contributed by atoms with Gasteiger partial charge in [-0.2, -0.15) is 5.10 Å². The van der Waals surface area contributed by atoms with E-state index in [1.807, 2.05) is 12.1 Å². The van der Waals surface area contributed by atoms with E-state index in [0.717, 1.165) is 31.6 Å². The summed E-state index contributed by atoms with van der Waals surface area (Å²) in [6, 6.07) is 5.50. The summed E-state index contributed by atoms with van der Waals surface area (Å²) in [5, 5.41) is 14.1. The Labute approximate surface area is 158 Å². The van der Waals surface area contributed by atoms with E-state index >= 15 is 0 Å². The number of carbonyl (C=O) groups is 1. The van der Waals surface area contributed by atoms with Gasteiger partial charge in [-0.25, -0.2) is 5.43 Å². The van der Waals surface area contributed by atoms with E-state index in [1.54, 1.807) is 6.07 Å². The van der Waals surface area contributed by atoms with E-state index in [-0.39, 0.29) is 11.7 Å². The Bertz CT molecular complexity index is 554. The average Bonchev–Trinajstić information content (AvgIpc) is 2.63. The van der Waals surface area contributed by atoms with Crippen molar-refractivity contribution in [3.05, 3.63) is 23.8 Å². The fourth-order valence-corrected chi connectivity index (χ4v) is 2.90. The Morgan fingerprint density at radius 3 is 2.35 bits per heavy atom. The predicted octanol–water partition coefficient (Wildman–Crippen LogP) is 4.83. The minimum Gasteiger partial charge on any atom is -0.507 e. The molecular weight excluding hydrogens is 326 g/mol. The third-order valence-electron chi connectivity index (χ3n) is 4.54. The molecule has 5 heteroatoms. The Hall–Kier alpha value is -2.04. The minimum atomic E-state index is -0.0749. The summed E-state index contributed by atoms with van der Waals surface area (Å²) in [7, 11) is 0. The topological polar surface area (TPSA) is 64.9 Å². The molecule has 0 aliphatic carbocycles. The summed E-state index contributed by atoms with van der Waals surface area (Å²) in [4.78, 5) is 13.9. The quantitative estimate of drug-likeness (QED) is 0.300. The lowest BCUT2D eigenvalue weighted by atomic mass is 10.1. The second-order valence-corrected chi connectivity index (χ2v) is 6.58. The first-order valence-electron chi connectivity index (χ1n) is 10.0. The molecule has 0 spiro atoms.